The molecule has 3 aliphatic rings. The molecule has 0 unspecified atom stereocenters. The number of likely N-dealkylation sites (tertiary alicyclic amines) is 1. The van der Waals surface area contributed by atoms with Gasteiger partial charge in [0.2, 0.25) is 5.91 Å². The van der Waals surface area contributed by atoms with E-state index in [9.17, 15) is 9.90 Å². The zero-order chi connectivity index (χ0) is 27.2. The van der Waals surface area contributed by atoms with E-state index in [0.29, 0.717) is 30.1 Å². The van der Waals surface area contributed by atoms with Crippen LogP contribution in [0, 0.1) is 5.41 Å². The number of amides is 1. The molecule has 0 atom stereocenters. The number of carbonyl (C=O) groups is 1. The van der Waals surface area contributed by atoms with Crippen LogP contribution in [0.2, 0.25) is 0 Å². The highest BCUT2D eigenvalue weighted by Crippen LogP contribution is 2.43. The van der Waals surface area contributed by atoms with E-state index in [-0.39, 0.29) is 11.3 Å². The summed E-state index contributed by atoms with van der Waals surface area (Å²) in [5, 5.41) is 18.0. The molecule has 1 saturated carbocycles. The minimum atomic E-state index is -0.887. The van der Waals surface area contributed by atoms with Crippen LogP contribution in [0.3, 0.4) is 0 Å². The summed E-state index contributed by atoms with van der Waals surface area (Å²) in [6, 6.07) is 5.72. The SMILES string of the molecule is CC(=O)N1CCC2(CC1)CN(c1cc(Nc3cc(OC4CC4)ccn3)nc(-c3cnn(CC(C)(C)O)c3)n1)C2. The lowest BCUT2D eigenvalue weighted by Crippen LogP contribution is -2.61. The predicted octanol–water partition coefficient (Wildman–Crippen LogP) is 3.24. The van der Waals surface area contributed by atoms with Crippen LogP contribution in [-0.2, 0) is 11.3 Å². The molecule has 206 valence electrons. The third-order valence-corrected chi connectivity index (χ3v) is 7.61. The molecule has 3 aromatic heterocycles. The lowest BCUT2D eigenvalue weighted by molar-refractivity contribution is -0.131. The van der Waals surface area contributed by atoms with Crippen molar-refractivity contribution in [2.45, 2.75) is 64.7 Å². The summed E-state index contributed by atoms with van der Waals surface area (Å²) in [5.41, 5.74) is 0.105. The molecule has 3 fully saturated rings. The summed E-state index contributed by atoms with van der Waals surface area (Å²) >= 11 is 0. The maximum absolute atomic E-state index is 11.8. The monoisotopic (exact) mass is 532 g/mol. The third kappa shape index (κ3) is 5.98. The first-order valence-electron chi connectivity index (χ1n) is 13.7. The number of pyridine rings is 1. The van der Waals surface area contributed by atoms with Crippen molar-refractivity contribution in [2.75, 3.05) is 36.4 Å². The van der Waals surface area contributed by atoms with Crippen LogP contribution < -0.4 is 15.0 Å². The van der Waals surface area contributed by atoms with E-state index in [1.165, 1.54) is 0 Å². The molecule has 1 aliphatic carbocycles. The average molecular weight is 533 g/mol. The number of aliphatic hydroxyl groups is 1. The van der Waals surface area contributed by atoms with Crippen molar-refractivity contribution in [1.29, 1.82) is 0 Å². The minimum Gasteiger partial charge on any atom is -0.490 e. The molecule has 0 radical (unpaired) electrons. The van der Waals surface area contributed by atoms with Gasteiger partial charge < -0.3 is 25.0 Å². The van der Waals surface area contributed by atoms with Gasteiger partial charge in [0.25, 0.3) is 0 Å². The van der Waals surface area contributed by atoms with Crippen molar-refractivity contribution in [3.63, 3.8) is 0 Å². The molecule has 2 aliphatic heterocycles. The van der Waals surface area contributed by atoms with Gasteiger partial charge in [-0.3, -0.25) is 9.48 Å². The fourth-order valence-electron chi connectivity index (χ4n) is 5.35. The first-order valence-corrected chi connectivity index (χ1v) is 13.7. The Kier molecular flexibility index (Phi) is 6.41. The van der Waals surface area contributed by atoms with Crippen molar-refractivity contribution in [1.82, 2.24) is 29.6 Å². The van der Waals surface area contributed by atoms with E-state index >= 15 is 0 Å². The summed E-state index contributed by atoms with van der Waals surface area (Å²) in [6.07, 6.45) is 9.82. The lowest BCUT2D eigenvalue weighted by Gasteiger charge is -2.54. The molecule has 39 heavy (non-hydrogen) atoms. The number of hydrogen-bond donors (Lipinski definition) is 2. The number of nitrogens with one attached hydrogen (secondary N) is 1. The second-order valence-corrected chi connectivity index (χ2v) is 11.9. The summed E-state index contributed by atoms with van der Waals surface area (Å²) in [4.78, 5) is 30.2. The standard InChI is InChI=1S/C28H36N8O3/c1-19(37)34-10-7-28(8-11-34)17-35(18-28)25-13-24(31-23-12-22(6-9-29-23)39-21-4-5-21)32-26(33-25)20-14-30-36(15-20)16-27(2,3)38/h6,9,12-15,21,38H,4-5,7-8,10-11,16-18H2,1-3H3,(H,29,31,32,33). The van der Waals surface area contributed by atoms with Gasteiger partial charge in [-0.2, -0.15) is 5.10 Å². The summed E-state index contributed by atoms with van der Waals surface area (Å²) in [7, 11) is 0. The Morgan fingerprint density at radius 2 is 1.95 bits per heavy atom. The van der Waals surface area contributed by atoms with E-state index in [1.54, 1.807) is 37.8 Å². The Labute approximate surface area is 228 Å². The number of piperidine rings is 1. The van der Waals surface area contributed by atoms with Crippen molar-refractivity contribution >= 4 is 23.4 Å². The highest BCUT2D eigenvalue weighted by molar-refractivity contribution is 5.73. The fourth-order valence-corrected chi connectivity index (χ4v) is 5.35. The summed E-state index contributed by atoms with van der Waals surface area (Å²) in [6.45, 7) is 8.94. The van der Waals surface area contributed by atoms with Crippen LogP contribution >= 0.6 is 0 Å². The van der Waals surface area contributed by atoms with Crippen molar-refractivity contribution in [3.8, 4) is 17.1 Å². The van der Waals surface area contributed by atoms with Gasteiger partial charge in [0.15, 0.2) is 5.82 Å². The number of aromatic nitrogens is 5. The molecular formula is C28H36N8O3. The van der Waals surface area contributed by atoms with E-state index in [2.05, 4.69) is 20.3 Å². The number of rotatable bonds is 8. The van der Waals surface area contributed by atoms with Gasteiger partial charge in [-0.05, 0) is 45.6 Å². The van der Waals surface area contributed by atoms with E-state index in [4.69, 9.17) is 14.7 Å². The van der Waals surface area contributed by atoms with Gasteiger partial charge in [-0.1, -0.05) is 0 Å². The van der Waals surface area contributed by atoms with E-state index in [0.717, 1.165) is 69.0 Å². The van der Waals surface area contributed by atoms with Crippen LogP contribution in [-0.4, -0.2) is 78.5 Å². The molecule has 0 aromatic carbocycles. The Morgan fingerprint density at radius 1 is 1.18 bits per heavy atom. The van der Waals surface area contributed by atoms with E-state index < -0.39 is 5.60 Å². The summed E-state index contributed by atoms with van der Waals surface area (Å²) < 4.78 is 7.65. The molecule has 11 nitrogen and oxygen atoms in total. The van der Waals surface area contributed by atoms with Gasteiger partial charge in [0.1, 0.15) is 23.2 Å². The maximum atomic E-state index is 11.8. The van der Waals surface area contributed by atoms with Crippen molar-refractivity contribution in [3.05, 3.63) is 36.8 Å². The third-order valence-electron chi connectivity index (χ3n) is 7.61. The van der Waals surface area contributed by atoms with Crippen LogP contribution in [0.1, 0.15) is 46.5 Å². The molecule has 6 rings (SSSR count). The molecular weight excluding hydrogens is 496 g/mol. The molecule has 1 spiro atoms. The number of hydrogen-bond acceptors (Lipinski definition) is 9. The van der Waals surface area contributed by atoms with Gasteiger partial charge in [0, 0.05) is 63.0 Å². The second-order valence-electron chi connectivity index (χ2n) is 11.9. The number of nitrogens with zero attached hydrogens (tertiary/aromatic N) is 7. The van der Waals surface area contributed by atoms with Gasteiger partial charge in [-0.15, -0.1) is 0 Å². The zero-order valence-corrected chi connectivity index (χ0v) is 22.8. The first-order chi connectivity index (χ1) is 18.6. The molecule has 2 saturated heterocycles. The van der Waals surface area contributed by atoms with Gasteiger partial charge in [-0.25, -0.2) is 15.0 Å². The molecule has 2 N–H and O–H groups in total. The molecule has 0 bridgehead atoms. The van der Waals surface area contributed by atoms with Crippen LogP contribution in [0.4, 0.5) is 17.5 Å². The van der Waals surface area contributed by atoms with Crippen molar-refractivity contribution < 1.29 is 14.6 Å². The topological polar surface area (TPSA) is 122 Å². The molecule has 5 heterocycles. The molecule has 1 amide bonds. The first kappa shape index (κ1) is 25.5. The molecule has 11 heteroatoms. The molecule has 3 aromatic rings. The quantitative estimate of drug-likeness (QED) is 0.450. The lowest BCUT2D eigenvalue weighted by atomic mass is 9.72. The Morgan fingerprint density at radius 3 is 2.64 bits per heavy atom. The maximum Gasteiger partial charge on any atom is 0.219 e. The smallest absolute Gasteiger partial charge is 0.219 e. The second kappa shape index (κ2) is 9.78. The summed E-state index contributed by atoms with van der Waals surface area (Å²) in [5.74, 6) is 3.62. The largest absolute Gasteiger partial charge is 0.490 e. The van der Waals surface area contributed by atoms with E-state index in [1.807, 2.05) is 29.3 Å². The van der Waals surface area contributed by atoms with Crippen LogP contribution in [0.5, 0.6) is 5.75 Å². The highest BCUT2D eigenvalue weighted by atomic mass is 16.5. The predicted molar refractivity (Wildman–Crippen MR) is 147 cm³/mol. The number of carbonyl (C=O) groups excluding carboxylic acids is 1. The van der Waals surface area contributed by atoms with Gasteiger partial charge in [0.05, 0.1) is 30.0 Å². The van der Waals surface area contributed by atoms with Crippen LogP contribution in [0.15, 0.2) is 36.8 Å². The number of anilines is 3. The fraction of sp³-hybridized carbons (Fsp3) is 0.536. The van der Waals surface area contributed by atoms with Gasteiger partial charge >= 0.3 is 0 Å². The Bertz CT molecular complexity index is 1350. The van der Waals surface area contributed by atoms with Crippen molar-refractivity contribution in [2.24, 2.45) is 5.41 Å². The minimum absolute atomic E-state index is 0.155. The Hall–Kier alpha value is -3.73. The zero-order valence-electron chi connectivity index (χ0n) is 22.8. The highest BCUT2D eigenvalue weighted by Gasteiger charge is 2.45. The Balaban J connectivity index is 1.24. The average Bonchev–Trinajstić information content (AvgIpc) is 3.56. The normalized spacial score (nSPS) is 18.7. The number of ether oxygens (including phenoxy) is 1. The van der Waals surface area contributed by atoms with Crippen LogP contribution in [0.25, 0.3) is 11.4 Å².